The summed E-state index contributed by atoms with van der Waals surface area (Å²) < 4.78 is 0. The predicted octanol–water partition coefficient (Wildman–Crippen LogP) is 1.43. The average molecular weight is 295 g/mol. The van der Waals surface area contributed by atoms with Gasteiger partial charge in [-0.25, -0.2) is 0 Å². The number of amides is 2. The van der Waals surface area contributed by atoms with Gasteiger partial charge in [0, 0.05) is 35.6 Å². The zero-order valence-electron chi connectivity index (χ0n) is 9.07. The lowest BCUT2D eigenvalue weighted by molar-refractivity contribution is -0.117. The molecule has 2 amide bonds. The molecule has 4 nitrogen and oxygen atoms in total. The third kappa shape index (κ3) is 1.74. The average Bonchev–Trinajstić information content (AvgIpc) is 2.83. The van der Waals surface area contributed by atoms with E-state index in [0.29, 0.717) is 25.1 Å². The van der Waals surface area contributed by atoms with Crippen LogP contribution < -0.4 is 10.2 Å². The van der Waals surface area contributed by atoms with Gasteiger partial charge in [-0.1, -0.05) is 22.0 Å². The summed E-state index contributed by atoms with van der Waals surface area (Å²) >= 11 is 3.45. The molecule has 1 unspecified atom stereocenters. The Hall–Kier alpha value is -1.36. The number of halogens is 1. The number of carbonyl (C=O) groups is 2. The fourth-order valence-corrected chi connectivity index (χ4v) is 2.85. The van der Waals surface area contributed by atoms with Crippen molar-refractivity contribution in [2.75, 3.05) is 11.4 Å². The first kappa shape index (κ1) is 10.8. The second kappa shape index (κ2) is 3.84. The number of hydrogen-bond acceptors (Lipinski definition) is 2. The maximum Gasteiger partial charge on any atom is 0.251 e. The van der Waals surface area contributed by atoms with Crippen LogP contribution in [0.25, 0.3) is 0 Å². The van der Waals surface area contributed by atoms with Crippen LogP contribution >= 0.6 is 15.9 Å². The van der Waals surface area contributed by atoms with E-state index in [2.05, 4.69) is 21.2 Å². The van der Waals surface area contributed by atoms with Crippen LogP contribution in [-0.4, -0.2) is 23.2 Å². The van der Waals surface area contributed by atoms with E-state index in [1.807, 2.05) is 12.1 Å². The maximum absolute atomic E-state index is 11.8. The number of carbonyl (C=O) groups excluding carboxylic acids is 2. The van der Waals surface area contributed by atoms with E-state index in [9.17, 15) is 9.59 Å². The van der Waals surface area contributed by atoms with Gasteiger partial charge < -0.3 is 10.2 Å². The van der Waals surface area contributed by atoms with Gasteiger partial charge >= 0.3 is 0 Å². The van der Waals surface area contributed by atoms with Crippen LogP contribution in [0.1, 0.15) is 22.3 Å². The van der Waals surface area contributed by atoms with Crippen molar-refractivity contribution in [2.24, 2.45) is 0 Å². The Morgan fingerprint density at radius 3 is 2.88 bits per heavy atom. The Labute approximate surface area is 107 Å². The highest BCUT2D eigenvalue weighted by Gasteiger charge is 2.30. The van der Waals surface area contributed by atoms with Gasteiger partial charge in [-0.05, 0) is 17.7 Å². The standard InChI is InChI=1S/C12H11BrN2O2/c13-8-3-11(16)15(6-8)9-2-1-7-5-14-12(17)10(7)4-9/h1-2,4,8H,3,5-6H2,(H,14,17). The lowest BCUT2D eigenvalue weighted by Gasteiger charge is -2.16. The van der Waals surface area contributed by atoms with Gasteiger partial charge in [0.25, 0.3) is 5.91 Å². The summed E-state index contributed by atoms with van der Waals surface area (Å²) in [6, 6.07) is 5.63. The van der Waals surface area contributed by atoms with E-state index in [4.69, 9.17) is 0 Å². The van der Waals surface area contributed by atoms with Crippen molar-refractivity contribution in [2.45, 2.75) is 17.8 Å². The van der Waals surface area contributed by atoms with E-state index >= 15 is 0 Å². The van der Waals surface area contributed by atoms with Gasteiger partial charge in [0.1, 0.15) is 0 Å². The van der Waals surface area contributed by atoms with E-state index in [1.165, 1.54) is 0 Å². The quantitative estimate of drug-likeness (QED) is 0.797. The van der Waals surface area contributed by atoms with Gasteiger partial charge in [0.05, 0.1) is 0 Å². The molecule has 1 aromatic rings. The van der Waals surface area contributed by atoms with Gasteiger partial charge in [-0.15, -0.1) is 0 Å². The molecule has 0 saturated carbocycles. The highest BCUT2D eigenvalue weighted by atomic mass is 79.9. The lowest BCUT2D eigenvalue weighted by Crippen LogP contribution is -2.24. The maximum atomic E-state index is 11.8. The smallest absolute Gasteiger partial charge is 0.251 e. The number of fused-ring (bicyclic) bond motifs is 1. The fourth-order valence-electron chi connectivity index (χ4n) is 2.28. The second-order valence-electron chi connectivity index (χ2n) is 4.33. The van der Waals surface area contributed by atoms with Crippen LogP contribution in [0.5, 0.6) is 0 Å². The van der Waals surface area contributed by atoms with Crippen LogP contribution in [0.3, 0.4) is 0 Å². The Morgan fingerprint density at radius 1 is 1.35 bits per heavy atom. The first-order valence-corrected chi connectivity index (χ1v) is 6.42. The van der Waals surface area contributed by atoms with Crippen LogP contribution in [0.4, 0.5) is 5.69 Å². The summed E-state index contributed by atoms with van der Waals surface area (Å²) in [7, 11) is 0. The van der Waals surface area contributed by atoms with Crippen molar-refractivity contribution in [3.63, 3.8) is 0 Å². The second-order valence-corrected chi connectivity index (χ2v) is 5.62. The molecule has 17 heavy (non-hydrogen) atoms. The number of alkyl halides is 1. The van der Waals surface area contributed by atoms with E-state index in [1.54, 1.807) is 11.0 Å². The summed E-state index contributed by atoms with van der Waals surface area (Å²) in [5.41, 5.74) is 2.50. The van der Waals surface area contributed by atoms with E-state index < -0.39 is 0 Å². The molecule has 0 bridgehead atoms. The van der Waals surface area contributed by atoms with Gasteiger partial charge in [0.2, 0.25) is 5.91 Å². The van der Waals surface area contributed by atoms with Gasteiger partial charge in [0.15, 0.2) is 0 Å². The van der Waals surface area contributed by atoms with Gasteiger partial charge in [-0.2, -0.15) is 0 Å². The van der Waals surface area contributed by atoms with Crippen LogP contribution in [-0.2, 0) is 11.3 Å². The number of benzene rings is 1. The molecular weight excluding hydrogens is 284 g/mol. The Balaban J connectivity index is 1.97. The van der Waals surface area contributed by atoms with Crippen LogP contribution in [0.15, 0.2) is 18.2 Å². The zero-order valence-corrected chi connectivity index (χ0v) is 10.7. The molecule has 1 N–H and O–H groups in total. The molecule has 1 fully saturated rings. The van der Waals surface area contributed by atoms with E-state index in [-0.39, 0.29) is 16.6 Å². The molecule has 5 heteroatoms. The molecule has 0 spiro atoms. The van der Waals surface area contributed by atoms with Crippen LogP contribution in [0, 0.1) is 0 Å². The van der Waals surface area contributed by atoms with Crippen molar-refractivity contribution < 1.29 is 9.59 Å². The SMILES string of the molecule is O=C1NCc2ccc(N3CC(Br)CC3=O)cc21. The molecular formula is C12H11BrN2O2. The highest BCUT2D eigenvalue weighted by molar-refractivity contribution is 9.09. The molecule has 1 saturated heterocycles. The molecule has 3 rings (SSSR count). The lowest BCUT2D eigenvalue weighted by atomic mass is 10.1. The van der Waals surface area contributed by atoms with Crippen LogP contribution in [0.2, 0.25) is 0 Å². The third-order valence-corrected chi connectivity index (χ3v) is 3.78. The summed E-state index contributed by atoms with van der Waals surface area (Å²) in [5.74, 6) is 0.0501. The van der Waals surface area contributed by atoms with E-state index in [0.717, 1.165) is 11.3 Å². The first-order chi connectivity index (χ1) is 8.15. The molecule has 0 aromatic heterocycles. The number of nitrogens with zero attached hydrogens (tertiary/aromatic N) is 1. The zero-order chi connectivity index (χ0) is 12.0. The molecule has 2 aliphatic heterocycles. The normalized spacial score (nSPS) is 22.9. The minimum absolute atomic E-state index is 0.0520. The van der Waals surface area contributed by atoms with Crippen molar-refractivity contribution >= 4 is 33.4 Å². The Bertz CT molecular complexity index is 515. The fraction of sp³-hybridized carbons (Fsp3) is 0.333. The number of nitrogens with one attached hydrogen (secondary N) is 1. The minimum atomic E-state index is -0.0520. The molecule has 2 heterocycles. The van der Waals surface area contributed by atoms with Crippen molar-refractivity contribution in [3.05, 3.63) is 29.3 Å². The molecule has 2 aliphatic rings. The largest absolute Gasteiger partial charge is 0.348 e. The first-order valence-electron chi connectivity index (χ1n) is 5.51. The highest BCUT2D eigenvalue weighted by Crippen LogP contribution is 2.28. The van der Waals surface area contributed by atoms with Gasteiger partial charge in [-0.3, -0.25) is 9.59 Å². The molecule has 0 radical (unpaired) electrons. The Morgan fingerprint density at radius 2 is 2.18 bits per heavy atom. The summed E-state index contributed by atoms with van der Waals surface area (Å²) in [6.07, 6.45) is 0.517. The molecule has 88 valence electrons. The topological polar surface area (TPSA) is 49.4 Å². The number of hydrogen-bond donors (Lipinski definition) is 1. The predicted molar refractivity (Wildman–Crippen MR) is 67.3 cm³/mol. The summed E-state index contributed by atoms with van der Waals surface area (Å²) in [5, 5.41) is 2.77. The Kier molecular flexibility index (Phi) is 2.43. The summed E-state index contributed by atoms with van der Waals surface area (Å²) in [6.45, 7) is 1.25. The van der Waals surface area contributed by atoms with Crippen molar-refractivity contribution in [1.29, 1.82) is 0 Å². The number of rotatable bonds is 1. The molecule has 1 atom stereocenters. The minimum Gasteiger partial charge on any atom is -0.348 e. The van der Waals surface area contributed by atoms with Crippen molar-refractivity contribution in [1.82, 2.24) is 5.32 Å². The summed E-state index contributed by atoms with van der Waals surface area (Å²) in [4.78, 5) is 25.2. The molecule has 0 aliphatic carbocycles. The monoisotopic (exact) mass is 294 g/mol. The number of anilines is 1. The third-order valence-electron chi connectivity index (χ3n) is 3.17. The van der Waals surface area contributed by atoms with Crippen molar-refractivity contribution in [3.8, 4) is 0 Å². The molecule has 1 aromatic carbocycles.